The van der Waals surface area contributed by atoms with Crippen molar-refractivity contribution in [3.63, 3.8) is 0 Å². The van der Waals surface area contributed by atoms with Gasteiger partial charge in [-0.3, -0.25) is 9.59 Å². The number of ether oxygens (including phenoxy) is 1. The first-order valence-corrected chi connectivity index (χ1v) is 6.40. The largest absolute Gasteiger partial charge is 0.497 e. The molecule has 2 rings (SSSR count). The standard InChI is InChI=1S/C15H16N2O4/c1-20-12-5-2-4-11(8-12)9-16-14(18)10-17-15(19)13-6-3-7-21-13/h2-8H,9-10H2,1H3,(H,16,18)(H,17,19). The van der Waals surface area contributed by atoms with Crippen LogP contribution in [0.3, 0.4) is 0 Å². The van der Waals surface area contributed by atoms with Gasteiger partial charge in [-0.05, 0) is 29.8 Å². The van der Waals surface area contributed by atoms with Crippen LogP contribution in [0.4, 0.5) is 0 Å². The smallest absolute Gasteiger partial charge is 0.287 e. The fourth-order valence-corrected chi connectivity index (χ4v) is 1.70. The summed E-state index contributed by atoms with van der Waals surface area (Å²) in [6, 6.07) is 10.5. The van der Waals surface area contributed by atoms with E-state index in [0.29, 0.717) is 6.54 Å². The summed E-state index contributed by atoms with van der Waals surface area (Å²) in [6.07, 6.45) is 1.40. The van der Waals surface area contributed by atoms with Crippen LogP contribution >= 0.6 is 0 Å². The van der Waals surface area contributed by atoms with Gasteiger partial charge in [0.05, 0.1) is 19.9 Å². The second-order valence-electron chi connectivity index (χ2n) is 4.29. The van der Waals surface area contributed by atoms with Crippen molar-refractivity contribution >= 4 is 11.8 Å². The molecule has 1 heterocycles. The first-order valence-electron chi connectivity index (χ1n) is 6.40. The van der Waals surface area contributed by atoms with Crippen LogP contribution < -0.4 is 15.4 Å². The number of hydrogen-bond acceptors (Lipinski definition) is 4. The van der Waals surface area contributed by atoms with Gasteiger partial charge in [0, 0.05) is 6.54 Å². The maximum Gasteiger partial charge on any atom is 0.287 e. The van der Waals surface area contributed by atoms with E-state index in [1.54, 1.807) is 13.2 Å². The molecule has 6 nitrogen and oxygen atoms in total. The second-order valence-corrected chi connectivity index (χ2v) is 4.29. The quantitative estimate of drug-likeness (QED) is 0.840. The number of benzene rings is 1. The van der Waals surface area contributed by atoms with E-state index in [2.05, 4.69) is 10.6 Å². The van der Waals surface area contributed by atoms with Gasteiger partial charge in [-0.25, -0.2) is 0 Å². The van der Waals surface area contributed by atoms with Gasteiger partial charge in [0.2, 0.25) is 5.91 Å². The Morgan fingerprint density at radius 2 is 2.05 bits per heavy atom. The summed E-state index contributed by atoms with van der Waals surface area (Å²) in [5.74, 6) is 0.206. The average molecular weight is 288 g/mol. The molecule has 1 aromatic carbocycles. The van der Waals surface area contributed by atoms with Gasteiger partial charge in [0.1, 0.15) is 5.75 Å². The van der Waals surface area contributed by atoms with E-state index in [0.717, 1.165) is 11.3 Å². The van der Waals surface area contributed by atoms with Crippen LogP contribution in [-0.4, -0.2) is 25.5 Å². The predicted octanol–water partition coefficient (Wildman–Crippen LogP) is 1.33. The van der Waals surface area contributed by atoms with Crippen molar-refractivity contribution in [2.75, 3.05) is 13.7 Å². The van der Waals surface area contributed by atoms with Gasteiger partial charge < -0.3 is 19.8 Å². The van der Waals surface area contributed by atoms with Crippen LogP contribution in [0.5, 0.6) is 5.75 Å². The second kappa shape index (κ2) is 7.14. The highest BCUT2D eigenvalue weighted by Gasteiger charge is 2.09. The maximum absolute atomic E-state index is 11.7. The molecule has 0 spiro atoms. The van der Waals surface area contributed by atoms with Crippen LogP contribution in [-0.2, 0) is 11.3 Å². The van der Waals surface area contributed by atoms with Gasteiger partial charge >= 0.3 is 0 Å². The molecule has 0 bridgehead atoms. The van der Waals surface area contributed by atoms with Crippen molar-refractivity contribution in [2.45, 2.75) is 6.54 Å². The van der Waals surface area contributed by atoms with Crippen LogP contribution in [0, 0.1) is 0 Å². The Balaban J connectivity index is 1.75. The Morgan fingerprint density at radius 3 is 2.76 bits per heavy atom. The van der Waals surface area contributed by atoms with Gasteiger partial charge in [-0.15, -0.1) is 0 Å². The third-order valence-corrected chi connectivity index (χ3v) is 2.78. The summed E-state index contributed by atoms with van der Waals surface area (Å²) in [7, 11) is 1.59. The molecule has 0 atom stereocenters. The molecule has 21 heavy (non-hydrogen) atoms. The summed E-state index contributed by atoms with van der Waals surface area (Å²) in [6.45, 7) is 0.260. The van der Waals surface area contributed by atoms with Gasteiger partial charge in [-0.2, -0.15) is 0 Å². The summed E-state index contributed by atoms with van der Waals surface area (Å²) in [5.41, 5.74) is 0.917. The Labute approximate surface area is 122 Å². The van der Waals surface area contributed by atoms with Crippen molar-refractivity contribution in [2.24, 2.45) is 0 Å². The molecule has 2 N–H and O–H groups in total. The van der Waals surface area contributed by atoms with Gasteiger partial charge in [-0.1, -0.05) is 12.1 Å². The molecule has 6 heteroatoms. The average Bonchev–Trinajstić information content (AvgIpc) is 3.05. The third-order valence-electron chi connectivity index (χ3n) is 2.78. The summed E-state index contributed by atoms with van der Waals surface area (Å²) < 4.78 is 10.0. The molecule has 0 saturated carbocycles. The van der Waals surface area contributed by atoms with Crippen molar-refractivity contribution in [3.05, 3.63) is 54.0 Å². The lowest BCUT2D eigenvalue weighted by Crippen LogP contribution is -2.36. The van der Waals surface area contributed by atoms with Crippen molar-refractivity contribution in [3.8, 4) is 5.75 Å². The molecule has 0 fully saturated rings. The number of methoxy groups -OCH3 is 1. The Bertz CT molecular complexity index is 608. The highest BCUT2D eigenvalue weighted by atomic mass is 16.5. The zero-order valence-corrected chi connectivity index (χ0v) is 11.6. The number of carbonyl (C=O) groups is 2. The minimum Gasteiger partial charge on any atom is -0.497 e. The summed E-state index contributed by atoms with van der Waals surface area (Å²) in [5, 5.41) is 5.19. The van der Waals surface area contributed by atoms with E-state index in [4.69, 9.17) is 9.15 Å². The highest BCUT2D eigenvalue weighted by Crippen LogP contribution is 2.11. The number of furan rings is 1. The molecule has 2 amide bonds. The van der Waals surface area contributed by atoms with Crippen LogP contribution in [0.25, 0.3) is 0 Å². The van der Waals surface area contributed by atoms with Crippen molar-refractivity contribution in [1.82, 2.24) is 10.6 Å². The van der Waals surface area contributed by atoms with Gasteiger partial charge in [0.15, 0.2) is 5.76 Å². The number of amides is 2. The first kappa shape index (κ1) is 14.6. The van der Waals surface area contributed by atoms with E-state index >= 15 is 0 Å². The highest BCUT2D eigenvalue weighted by molar-refractivity contribution is 5.94. The molecular formula is C15H16N2O4. The molecule has 110 valence electrons. The van der Waals surface area contributed by atoms with Gasteiger partial charge in [0.25, 0.3) is 5.91 Å². The number of nitrogens with one attached hydrogen (secondary N) is 2. The molecule has 0 aliphatic rings. The monoisotopic (exact) mass is 288 g/mol. The fourth-order valence-electron chi connectivity index (χ4n) is 1.70. The zero-order chi connectivity index (χ0) is 15.1. The Morgan fingerprint density at radius 1 is 1.19 bits per heavy atom. The Hall–Kier alpha value is -2.76. The van der Waals surface area contributed by atoms with Crippen LogP contribution in [0.1, 0.15) is 16.1 Å². The SMILES string of the molecule is COc1cccc(CNC(=O)CNC(=O)c2ccco2)c1. The van der Waals surface area contributed by atoms with E-state index in [-0.39, 0.29) is 18.2 Å². The Kier molecular flexibility index (Phi) is 4.98. The normalized spacial score (nSPS) is 9.95. The molecule has 0 saturated heterocycles. The fraction of sp³-hybridized carbons (Fsp3) is 0.200. The number of carbonyl (C=O) groups excluding carboxylic acids is 2. The lowest BCUT2D eigenvalue weighted by atomic mass is 10.2. The van der Waals surface area contributed by atoms with E-state index in [9.17, 15) is 9.59 Å². The van der Waals surface area contributed by atoms with Crippen LogP contribution in [0.2, 0.25) is 0 Å². The molecule has 0 unspecified atom stereocenters. The minimum atomic E-state index is -0.420. The van der Waals surface area contributed by atoms with E-state index in [1.807, 2.05) is 24.3 Å². The first-order chi connectivity index (χ1) is 10.2. The third kappa shape index (κ3) is 4.38. The van der Waals surface area contributed by atoms with Crippen LogP contribution in [0.15, 0.2) is 47.1 Å². The molecular weight excluding hydrogens is 272 g/mol. The molecule has 0 aliphatic heterocycles. The predicted molar refractivity (Wildman–Crippen MR) is 75.9 cm³/mol. The zero-order valence-electron chi connectivity index (χ0n) is 11.6. The molecule has 0 aliphatic carbocycles. The van der Waals surface area contributed by atoms with E-state index in [1.165, 1.54) is 12.3 Å². The molecule has 1 aromatic heterocycles. The topological polar surface area (TPSA) is 80.6 Å². The van der Waals surface area contributed by atoms with E-state index < -0.39 is 5.91 Å². The lowest BCUT2D eigenvalue weighted by Gasteiger charge is -2.07. The summed E-state index contributed by atoms with van der Waals surface area (Å²) in [4.78, 5) is 23.2. The summed E-state index contributed by atoms with van der Waals surface area (Å²) >= 11 is 0. The number of rotatable bonds is 6. The minimum absolute atomic E-state index is 0.108. The lowest BCUT2D eigenvalue weighted by molar-refractivity contribution is -0.120. The van der Waals surface area contributed by atoms with Crippen molar-refractivity contribution in [1.29, 1.82) is 0 Å². The molecule has 2 aromatic rings. The molecule has 0 radical (unpaired) electrons. The van der Waals surface area contributed by atoms with Crippen molar-refractivity contribution < 1.29 is 18.7 Å². The number of hydrogen-bond donors (Lipinski definition) is 2. The maximum atomic E-state index is 11.7.